The van der Waals surface area contributed by atoms with Crippen LogP contribution in [0.3, 0.4) is 0 Å². The first-order valence-electron chi connectivity index (χ1n) is 3.57. The summed E-state index contributed by atoms with van der Waals surface area (Å²) < 4.78 is 39.0. The summed E-state index contributed by atoms with van der Waals surface area (Å²) in [6.07, 6.45) is -4.65. The number of hydrogen-bond donors (Lipinski definition) is 0. The van der Waals surface area contributed by atoms with Crippen LogP contribution in [-0.4, -0.2) is 6.36 Å². The summed E-state index contributed by atoms with van der Waals surface area (Å²) in [5, 5.41) is 0. The van der Waals surface area contributed by atoms with Gasteiger partial charge in [0.25, 0.3) is 0 Å². The standard InChI is InChI=1S/C9H8F3O/c1-6-3-4-8(7(2)5-6)13-9(10,11)12/h3-5H,2H2,1H3. The first-order chi connectivity index (χ1) is 5.88. The molecule has 1 radical (unpaired) electrons. The van der Waals surface area contributed by atoms with Crippen molar-refractivity contribution in [3.8, 4) is 5.75 Å². The number of alkyl halides is 3. The van der Waals surface area contributed by atoms with Crippen LogP contribution in [0, 0.1) is 13.8 Å². The molecule has 0 saturated heterocycles. The van der Waals surface area contributed by atoms with Gasteiger partial charge in [0.2, 0.25) is 0 Å². The quantitative estimate of drug-likeness (QED) is 0.659. The molecule has 0 fully saturated rings. The Morgan fingerprint density at radius 1 is 1.31 bits per heavy atom. The fourth-order valence-electron chi connectivity index (χ4n) is 0.932. The Morgan fingerprint density at radius 3 is 2.38 bits per heavy atom. The lowest BCUT2D eigenvalue weighted by Crippen LogP contribution is -2.17. The van der Waals surface area contributed by atoms with E-state index in [0.717, 1.165) is 5.56 Å². The summed E-state index contributed by atoms with van der Waals surface area (Å²) in [6.45, 7) is 5.21. The average Bonchev–Trinajstić information content (AvgIpc) is 1.93. The van der Waals surface area contributed by atoms with E-state index >= 15 is 0 Å². The number of hydrogen-bond acceptors (Lipinski definition) is 1. The lowest BCUT2D eigenvalue weighted by Gasteiger charge is -2.11. The third-order valence-corrected chi connectivity index (χ3v) is 1.44. The lowest BCUT2D eigenvalue weighted by atomic mass is 10.1. The predicted octanol–water partition coefficient (Wildman–Crippen LogP) is 3.08. The van der Waals surface area contributed by atoms with Gasteiger partial charge in [0.1, 0.15) is 5.75 Å². The van der Waals surface area contributed by atoms with E-state index in [4.69, 9.17) is 0 Å². The van der Waals surface area contributed by atoms with Gasteiger partial charge >= 0.3 is 6.36 Å². The Balaban J connectivity index is 2.90. The van der Waals surface area contributed by atoms with Crippen molar-refractivity contribution in [3.63, 3.8) is 0 Å². The van der Waals surface area contributed by atoms with E-state index in [2.05, 4.69) is 11.7 Å². The number of halogens is 3. The van der Waals surface area contributed by atoms with E-state index in [0.29, 0.717) is 0 Å². The van der Waals surface area contributed by atoms with Crippen LogP contribution in [0.2, 0.25) is 0 Å². The summed E-state index contributed by atoms with van der Waals surface area (Å²) in [5.74, 6) is -0.252. The van der Waals surface area contributed by atoms with Crippen LogP contribution in [0.5, 0.6) is 5.75 Å². The van der Waals surface area contributed by atoms with Crippen molar-refractivity contribution in [1.29, 1.82) is 0 Å². The molecule has 1 aromatic rings. The zero-order chi connectivity index (χ0) is 10.1. The van der Waals surface area contributed by atoms with E-state index in [1.165, 1.54) is 18.2 Å². The highest BCUT2D eigenvalue weighted by molar-refractivity contribution is 5.38. The molecule has 0 aliphatic carbocycles. The van der Waals surface area contributed by atoms with Crippen LogP contribution in [0.15, 0.2) is 18.2 Å². The number of ether oxygens (including phenoxy) is 1. The molecule has 0 unspecified atom stereocenters. The van der Waals surface area contributed by atoms with E-state index in [1.807, 2.05) is 0 Å². The van der Waals surface area contributed by atoms with Gasteiger partial charge in [-0.3, -0.25) is 0 Å². The minimum atomic E-state index is -4.65. The number of aryl methyl sites for hydroxylation is 1. The Hall–Kier alpha value is -1.19. The zero-order valence-electron chi connectivity index (χ0n) is 6.98. The Labute approximate surface area is 74.1 Å². The van der Waals surface area contributed by atoms with E-state index < -0.39 is 6.36 Å². The van der Waals surface area contributed by atoms with Crippen LogP contribution in [0.4, 0.5) is 13.2 Å². The minimum absolute atomic E-state index is 0.234. The summed E-state index contributed by atoms with van der Waals surface area (Å²) in [7, 11) is 0. The summed E-state index contributed by atoms with van der Waals surface area (Å²) in [6, 6.07) is 4.32. The second kappa shape index (κ2) is 3.28. The first kappa shape index (κ1) is 9.89. The van der Waals surface area contributed by atoms with Crippen LogP contribution in [-0.2, 0) is 0 Å². The van der Waals surface area contributed by atoms with Crippen LogP contribution >= 0.6 is 0 Å². The number of benzene rings is 1. The largest absolute Gasteiger partial charge is 0.573 e. The lowest BCUT2D eigenvalue weighted by molar-refractivity contribution is -0.274. The molecule has 0 atom stereocenters. The van der Waals surface area contributed by atoms with E-state index in [1.54, 1.807) is 6.92 Å². The average molecular weight is 189 g/mol. The minimum Gasteiger partial charge on any atom is -0.406 e. The molecule has 0 aliphatic rings. The van der Waals surface area contributed by atoms with Crippen molar-refractivity contribution >= 4 is 0 Å². The van der Waals surface area contributed by atoms with Crippen molar-refractivity contribution < 1.29 is 17.9 Å². The van der Waals surface area contributed by atoms with Crippen molar-refractivity contribution in [1.82, 2.24) is 0 Å². The van der Waals surface area contributed by atoms with Crippen molar-refractivity contribution in [2.45, 2.75) is 13.3 Å². The van der Waals surface area contributed by atoms with Crippen LogP contribution in [0.25, 0.3) is 0 Å². The maximum atomic E-state index is 11.8. The summed E-state index contributed by atoms with van der Waals surface area (Å²) in [5.41, 5.74) is 1.08. The van der Waals surface area contributed by atoms with Gasteiger partial charge in [-0.1, -0.05) is 17.7 Å². The highest BCUT2D eigenvalue weighted by atomic mass is 19.4. The molecule has 0 amide bonds. The predicted molar refractivity (Wildman–Crippen MR) is 42.3 cm³/mol. The third kappa shape index (κ3) is 2.97. The molecule has 1 rings (SSSR count). The van der Waals surface area contributed by atoms with Crippen molar-refractivity contribution in [3.05, 3.63) is 36.2 Å². The molecule has 0 heterocycles. The number of rotatable bonds is 1. The molecule has 0 bridgehead atoms. The molecular weight excluding hydrogens is 181 g/mol. The molecule has 0 aromatic heterocycles. The highest BCUT2D eigenvalue weighted by Crippen LogP contribution is 2.26. The molecule has 0 spiro atoms. The topological polar surface area (TPSA) is 9.23 Å². The maximum Gasteiger partial charge on any atom is 0.573 e. The molecule has 1 aromatic carbocycles. The van der Waals surface area contributed by atoms with Gasteiger partial charge in [-0.25, -0.2) is 0 Å². The molecule has 1 nitrogen and oxygen atoms in total. The van der Waals surface area contributed by atoms with Gasteiger partial charge in [-0.15, -0.1) is 13.2 Å². The molecule has 0 aliphatic heterocycles. The van der Waals surface area contributed by atoms with Crippen molar-refractivity contribution in [2.24, 2.45) is 0 Å². The highest BCUT2D eigenvalue weighted by Gasteiger charge is 2.31. The van der Waals surface area contributed by atoms with Gasteiger partial charge in [-0.2, -0.15) is 0 Å². The Morgan fingerprint density at radius 2 is 1.92 bits per heavy atom. The van der Waals surface area contributed by atoms with Crippen molar-refractivity contribution in [2.75, 3.05) is 0 Å². The van der Waals surface area contributed by atoms with Gasteiger partial charge in [0, 0.05) is 0 Å². The van der Waals surface area contributed by atoms with Gasteiger partial charge in [0.15, 0.2) is 0 Å². The monoisotopic (exact) mass is 189 g/mol. The summed E-state index contributed by atoms with van der Waals surface area (Å²) >= 11 is 0. The van der Waals surface area contributed by atoms with Crippen LogP contribution in [0.1, 0.15) is 11.1 Å². The fraction of sp³-hybridized carbons (Fsp3) is 0.222. The van der Waals surface area contributed by atoms with Crippen LogP contribution < -0.4 is 4.74 Å². The van der Waals surface area contributed by atoms with Gasteiger partial charge in [0.05, 0.1) is 0 Å². The molecule has 0 N–H and O–H groups in total. The van der Waals surface area contributed by atoms with Gasteiger partial charge < -0.3 is 4.74 Å². The van der Waals surface area contributed by atoms with Gasteiger partial charge in [-0.05, 0) is 25.5 Å². The molecule has 4 heteroatoms. The normalized spacial score (nSPS) is 11.5. The smallest absolute Gasteiger partial charge is 0.406 e. The maximum absolute atomic E-state index is 11.8. The molecule has 0 saturated carbocycles. The molecule has 13 heavy (non-hydrogen) atoms. The molecular formula is C9H8F3O. The zero-order valence-corrected chi connectivity index (χ0v) is 6.98. The van der Waals surface area contributed by atoms with E-state index in [9.17, 15) is 13.2 Å². The summed E-state index contributed by atoms with van der Waals surface area (Å²) in [4.78, 5) is 0. The molecule has 71 valence electrons. The Kier molecular flexibility index (Phi) is 2.50. The second-order valence-electron chi connectivity index (χ2n) is 2.66. The Bertz CT molecular complexity index is 304. The fourth-order valence-corrected chi connectivity index (χ4v) is 0.932. The first-order valence-corrected chi connectivity index (χ1v) is 3.57. The third-order valence-electron chi connectivity index (χ3n) is 1.44. The second-order valence-corrected chi connectivity index (χ2v) is 2.66. The SMILES string of the molecule is [CH2]c1cc(C)ccc1OC(F)(F)F. The van der Waals surface area contributed by atoms with E-state index in [-0.39, 0.29) is 11.3 Å².